The average Bonchev–Trinajstić information content (AvgIpc) is 2.66. The quantitative estimate of drug-likeness (QED) is 0.206. The molecule has 2 aromatic rings. The molecule has 26 heavy (non-hydrogen) atoms. The van der Waals surface area contributed by atoms with E-state index in [1.165, 1.54) is 17.6 Å². The Morgan fingerprint density at radius 3 is 2.65 bits per heavy atom. The van der Waals surface area contributed by atoms with E-state index in [1.54, 1.807) is 30.3 Å². The van der Waals surface area contributed by atoms with Crippen molar-refractivity contribution in [3.05, 3.63) is 69.8 Å². The van der Waals surface area contributed by atoms with E-state index in [4.69, 9.17) is 9.94 Å². The maximum atomic E-state index is 11.0. The number of nitrogens with one attached hydrogen (secondary N) is 1. The summed E-state index contributed by atoms with van der Waals surface area (Å²) >= 11 is 2.11. The summed E-state index contributed by atoms with van der Waals surface area (Å²) in [6.07, 6.45) is 1.93. The fourth-order valence-electron chi connectivity index (χ4n) is 2.41. The Morgan fingerprint density at radius 2 is 1.96 bits per heavy atom. The number of amides is 1. The highest BCUT2D eigenvalue weighted by Gasteiger charge is 2.25. The third kappa shape index (κ3) is 6.01. The van der Waals surface area contributed by atoms with Crippen molar-refractivity contribution in [2.45, 2.75) is 25.0 Å². The van der Waals surface area contributed by atoms with E-state index < -0.39 is 18.1 Å². The van der Waals surface area contributed by atoms with Gasteiger partial charge in [0.15, 0.2) is 0 Å². The number of aromatic hydroxyl groups is 1. The van der Waals surface area contributed by atoms with Crippen molar-refractivity contribution in [1.29, 1.82) is 0 Å². The number of halogens is 1. The number of carbonyl (C=O) groups is 1. The van der Waals surface area contributed by atoms with Crippen LogP contribution in [-0.2, 0) is 4.79 Å². The largest absolute Gasteiger partial charge is 0.508 e. The Bertz CT molecular complexity index is 751. The molecule has 1 amide bonds. The van der Waals surface area contributed by atoms with Crippen molar-refractivity contribution in [2.75, 3.05) is 0 Å². The highest BCUT2D eigenvalue weighted by atomic mass is 127. The van der Waals surface area contributed by atoms with Crippen LogP contribution in [-0.4, -0.2) is 27.4 Å². The molecule has 7 heteroatoms. The predicted octanol–water partition coefficient (Wildman–Crippen LogP) is 3.32. The Balaban J connectivity index is 2.17. The molecular formula is C19H20INO5. The first-order valence-electron chi connectivity index (χ1n) is 8.00. The van der Waals surface area contributed by atoms with Gasteiger partial charge in [0.25, 0.3) is 5.91 Å². The first kappa shape index (κ1) is 20.2. The SMILES string of the molecule is O=C(/C=C/CC[C@H](Oc1ccccc1)[C@@H](O)c1cc(I)ccc1O)NO. The second-order valence-corrected chi connectivity index (χ2v) is 6.82. The van der Waals surface area contributed by atoms with Gasteiger partial charge in [0.05, 0.1) is 0 Å². The van der Waals surface area contributed by atoms with E-state index in [0.717, 1.165) is 3.57 Å². The van der Waals surface area contributed by atoms with Gasteiger partial charge in [-0.05, 0) is 65.8 Å². The highest BCUT2D eigenvalue weighted by Crippen LogP contribution is 2.31. The number of hydrogen-bond acceptors (Lipinski definition) is 5. The van der Waals surface area contributed by atoms with Gasteiger partial charge in [-0.2, -0.15) is 0 Å². The second kappa shape index (κ2) is 10.1. The summed E-state index contributed by atoms with van der Waals surface area (Å²) in [6.45, 7) is 0. The Labute approximate surface area is 165 Å². The summed E-state index contributed by atoms with van der Waals surface area (Å²) in [6, 6.07) is 14.1. The van der Waals surface area contributed by atoms with Crippen LogP contribution in [0.25, 0.3) is 0 Å². The zero-order valence-corrected chi connectivity index (χ0v) is 16.0. The minimum absolute atomic E-state index is 0.00484. The van der Waals surface area contributed by atoms with Gasteiger partial charge in [0, 0.05) is 15.2 Å². The zero-order valence-electron chi connectivity index (χ0n) is 13.9. The topological polar surface area (TPSA) is 99.0 Å². The first-order chi connectivity index (χ1) is 12.5. The molecule has 0 spiro atoms. The van der Waals surface area contributed by atoms with Gasteiger partial charge in [-0.3, -0.25) is 10.0 Å². The summed E-state index contributed by atoms with van der Waals surface area (Å²) in [5.74, 6) is -0.0325. The van der Waals surface area contributed by atoms with Crippen molar-refractivity contribution in [3.8, 4) is 11.5 Å². The van der Waals surface area contributed by atoms with Gasteiger partial charge in [0.1, 0.15) is 23.7 Å². The summed E-state index contributed by atoms with van der Waals surface area (Å²) in [5, 5.41) is 29.3. The number of phenols is 1. The number of rotatable bonds is 8. The molecule has 0 radical (unpaired) electrons. The molecule has 138 valence electrons. The minimum Gasteiger partial charge on any atom is -0.508 e. The van der Waals surface area contributed by atoms with Gasteiger partial charge in [-0.25, -0.2) is 5.48 Å². The third-order valence-corrected chi connectivity index (χ3v) is 4.36. The molecular weight excluding hydrogens is 449 g/mol. The molecule has 0 aliphatic rings. The van der Waals surface area contributed by atoms with Gasteiger partial charge in [-0.15, -0.1) is 0 Å². The second-order valence-electron chi connectivity index (χ2n) is 5.57. The van der Waals surface area contributed by atoms with Crippen molar-refractivity contribution >= 4 is 28.5 Å². The lowest BCUT2D eigenvalue weighted by Crippen LogP contribution is -2.25. The van der Waals surface area contributed by atoms with Crippen molar-refractivity contribution < 1.29 is 25.0 Å². The van der Waals surface area contributed by atoms with Crippen LogP contribution >= 0.6 is 22.6 Å². The number of aliphatic hydroxyl groups excluding tert-OH is 1. The monoisotopic (exact) mass is 469 g/mol. The van der Waals surface area contributed by atoms with Gasteiger partial charge in [-0.1, -0.05) is 24.3 Å². The molecule has 6 nitrogen and oxygen atoms in total. The lowest BCUT2D eigenvalue weighted by molar-refractivity contribution is -0.124. The van der Waals surface area contributed by atoms with Crippen LogP contribution in [0.5, 0.6) is 11.5 Å². The van der Waals surface area contributed by atoms with E-state index in [1.807, 2.05) is 18.2 Å². The Hall–Kier alpha value is -2.10. The average molecular weight is 469 g/mol. The van der Waals surface area contributed by atoms with E-state index in [9.17, 15) is 15.0 Å². The van der Waals surface area contributed by atoms with E-state index in [2.05, 4.69) is 22.6 Å². The van der Waals surface area contributed by atoms with Crippen molar-refractivity contribution in [2.24, 2.45) is 0 Å². The molecule has 0 fully saturated rings. The number of allylic oxidation sites excluding steroid dienone is 1. The summed E-state index contributed by atoms with van der Waals surface area (Å²) in [4.78, 5) is 11.0. The molecule has 4 N–H and O–H groups in total. The number of benzene rings is 2. The summed E-state index contributed by atoms with van der Waals surface area (Å²) < 4.78 is 6.79. The number of phenolic OH excluding ortho intramolecular Hbond substituents is 1. The molecule has 0 aliphatic carbocycles. The molecule has 2 rings (SSSR count). The molecule has 0 saturated heterocycles. The number of hydroxylamine groups is 1. The number of carbonyl (C=O) groups excluding carboxylic acids is 1. The van der Waals surface area contributed by atoms with Crippen molar-refractivity contribution in [3.63, 3.8) is 0 Å². The maximum absolute atomic E-state index is 11.0. The van der Waals surface area contributed by atoms with Gasteiger partial charge in [0.2, 0.25) is 0 Å². The lowest BCUT2D eigenvalue weighted by atomic mass is 9.99. The van der Waals surface area contributed by atoms with Crippen molar-refractivity contribution in [1.82, 2.24) is 5.48 Å². The van der Waals surface area contributed by atoms with Crippen LogP contribution in [0.3, 0.4) is 0 Å². The fraction of sp³-hybridized carbons (Fsp3) is 0.211. The fourth-order valence-corrected chi connectivity index (χ4v) is 2.92. The molecule has 2 atom stereocenters. The van der Waals surface area contributed by atoms with E-state index in [0.29, 0.717) is 24.2 Å². The molecule has 0 aromatic heterocycles. The normalized spacial score (nSPS) is 13.3. The molecule has 0 saturated carbocycles. The molecule has 2 aromatic carbocycles. The van der Waals surface area contributed by atoms with Crippen LogP contribution in [0.15, 0.2) is 60.7 Å². The van der Waals surface area contributed by atoms with E-state index >= 15 is 0 Å². The van der Waals surface area contributed by atoms with Crippen LogP contribution < -0.4 is 10.2 Å². The predicted molar refractivity (Wildman–Crippen MR) is 105 cm³/mol. The molecule has 0 unspecified atom stereocenters. The summed E-state index contributed by atoms with van der Waals surface area (Å²) in [5.41, 5.74) is 1.90. The number of para-hydroxylation sites is 1. The van der Waals surface area contributed by atoms with Crippen LogP contribution in [0.4, 0.5) is 0 Å². The number of ether oxygens (including phenoxy) is 1. The summed E-state index contributed by atoms with van der Waals surface area (Å²) in [7, 11) is 0. The maximum Gasteiger partial charge on any atom is 0.267 e. The van der Waals surface area contributed by atoms with Crippen LogP contribution in [0.2, 0.25) is 0 Å². The molecule has 0 heterocycles. The Morgan fingerprint density at radius 1 is 1.23 bits per heavy atom. The molecule has 0 aliphatic heterocycles. The lowest BCUT2D eigenvalue weighted by Gasteiger charge is -2.25. The van der Waals surface area contributed by atoms with Gasteiger partial charge < -0.3 is 14.9 Å². The number of aliphatic hydroxyl groups is 1. The molecule has 0 bridgehead atoms. The first-order valence-corrected chi connectivity index (χ1v) is 9.08. The van der Waals surface area contributed by atoms with E-state index in [-0.39, 0.29) is 5.75 Å². The standard InChI is InChI=1S/C19H20INO5/c20-13-10-11-16(22)15(12-13)19(24)17(8-4-5-9-18(23)21-25)26-14-6-2-1-3-7-14/h1-3,5-7,9-12,17,19,22,24-25H,4,8H2,(H,21,23)/b9-5+/t17-,19-/m0/s1. The Kier molecular flexibility index (Phi) is 7.89. The van der Waals surface area contributed by atoms with Crippen LogP contribution in [0, 0.1) is 3.57 Å². The number of hydrogen-bond donors (Lipinski definition) is 4. The smallest absolute Gasteiger partial charge is 0.267 e. The highest BCUT2D eigenvalue weighted by molar-refractivity contribution is 14.1. The van der Waals surface area contributed by atoms with Crippen LogP contribution in [0.1, 0.15) is 24.5 Å². The minimum atomic E-state index is -1.05. The zero-order chi connectivity index (χ0) is 18.9. The van der Waals surface area contributed by atoms with Gasteiger partial charge >= 0.3 is 0 Å². The third-order valence-electron chi connectivity index (χ3n) is 3.69.